The van der Waals surface area contributed by atoms with Crippen LogP contribution < -0.4 is 30.4 Å². The number of rotatable bonds is 5. The second-order valence-corrected chi connectivity index (χ2v) is 7.85. The lowest BCUT2D eigenvalue weighted by Crippen LogP contribution is -2.20. The smallest absolute Gasteiger partial charge is 0.323 e. The van der Waals surface area contributed by atoms with Crippen LogP contribution in [0.2, 0.25) is 5.02 Å². The zero-order valence-electron chi connectivity index (χ0n) is 17.8. The quantitative estimate of drug-likeness (QED) is 0.442. The first-order valence-corrected chi connectivity index (χ1v) is 10.8. The lowest BCUT2D eigenvalue weighted by Gasteiger charge is -2.19. The number of hydrogen-bond donors (Lipinski definition) is 2. The molecule has 34 heavy (non-hydrogen) atoms. The number of anilines is 2. The summed E-state index contributed by atoms with van der Waals surface area (Å²) in [4.78, 5) is 29.0. The van der Waals surface area contributed by atoms with E-state index >= 15 is 0 Å². The number of carbonyl (C=O) groups excluding carboxylic acids is 1. The molecule has 5 rings (SSSR count). The van der Waals surface area contributed by atoms with Gasteiger partial charge in [0.25, 0.3) is 5.56 Å². The van der Waals surface area contributed by atoms with Crippen molar-refractivity contribution in [3.63, 3.8) is 0 Å². The minimum atomic E-state index is -0.397. The molecule has 0 bridgehead atoms. The number of carbonyl (C=O) groups is 1. The molecule has 172 valence electrons. The van der Waals surface area contributed by atoms with Crippen molar-refractivity contribution in [1.82, 2.24) is 9.38 Å². The minimum absolute atomic E-state index is 0.117. The average molecular weight is 479 g/mol. The molecule has 10 heteroatoms. The van der Waals surface area contributed by atoms with E-state index in [2.05, 4.69) is 15.6 Å². The van der Waals surface area contributed by atoms with Crippen molar-refractivity contribution >= 4 is 34.7 Å². The molecular formula is C24H19ClN4O5. The highest BCUT2D eigenvalue weighted by Gasteiger charge is 2.13. The second-order valence-electron chi connectivity index (χ2n) is 7.41. The summed E-state index contributed by atoms with van der Waals surface area (Å²) in [5.41, 5.74) is 1.91. The molecule has 0 radical (unpaired) electrons. The number of nitrogens with zero attached hydrogens (tertiary/aromatic N) is 2. The third-order valence-electron chi connectivity index (χ3n) is 4.98. The SMILES string of the molecule is O=C(Nc1ccc(OCc2cc(=O)n3cc(Cl)ccc3n2)cc1)Nc1ccc2c(c1)OCCO2. The van der Waals surface area contributed by atoms with Crippen LogP contribution in [0.15, 0.2) is 71.7 Å². The maximum atomic E-state index is 12.3. The zero-order valence-corrected chi connectivity index (χ0v) is 18.5. The number of nitrogens with one attached hydrogen (secondary N) is 2. The van der Waals surface area contributed by atoms with Gasteiger partial charge in [-0.1, -0.05) is 11.6 Å². The molecule has 2 N–H and O–H groups in total. The van der Waals surface area contributed by atoms with Gasteiger partial charge in [-0.3, -0.25) is 9.20 Å². The molecule has 0 saturated carbocycles. The number of hydrogen-bond acceptors (Lipinski definition) is 6. The highest BCUT2D eigenvalue weighted by molar-refractivity contribution is 6.30. The summed E-state index contributed by atoms with van der Waals surface area (Å²) in [5.74, 6) is 1.81. The van der Waals surface area contributed by atoms with Crippen molar-refractivity contribution in [3.05, 3.63) is 87.9 Å². The van der Waals surface area contributed by atoms with Crippen molar-refractivity contribution in [2.24, 2.45) is 0 Å². The van der Waals surface area contributed by atoms with Gasteiger partial charge < -0.3 is 24.8 Å². The zero-order chi connectivity index (χ0) is 23.5. The van der Waals surface area contributed by atoms with Gasteiger partial charge in [-0.2, -0.15) is 0 Å². The van der Waals surface area contributed by atoms with Gasteiger partial charge in [0.05, 0.1) is 10.7 Å². The fraction of sp³-hybridized carbons (Fsp3) is 0.125. The van der Waals surface area contributed by atoms with Gasteiger partial charge >= 0.3 is 6.03 Å². The number of fused-ring (bicyclic) bond motifs is 2. The average Bonchev–Trinajstić information content (AvgIpc) is 2.84. The highest BCUT2D eigenvalue weighted by Crippen LogP contribution is 2.32. The number of aromatic nitrogens is 2. The topological polar surface area (TPSA) is 103 Å². The molecule has 1 aliphatic rings. The van der Waals surface area contributed by atoms with E-state index in [1.54, 1.807) is 54.6 Å². The number of ether oxygens (including phenoxy) is 3. The monoisotopic (exact) mass is 478 g/mol. The van der Waals surface area contributed by atoms with Crippen molar-refractivity contribution < 1.29 is 19.0 Å². The lowest BCUT2D eigenvalue weighted by atomic mass is 10.2. The summed E-state index contributed by atoms with van der Waals surface area (Å²) in [5, 5.41) is 5.97. The Balaban J connectivity index is 1.18. The summed E-state index contributed by atoms with van der Waals surface area (Å²) < 4.78 is 18.1. The van der Waals surface area contributed by atoms with Crippen molar-refractivity contribution in [1.29, 1.82) is 0 Å². The van der Waals surface area contributed by atoms with Gasteiger partial charge in [0.1, 0.15) is 31.2 Å². The highest BCUT2D eigenvalue weighted by atomic mass is 35.5. The second kappa shape index (κ2) is 9.32. The molecule has 3 heterocycles. The van der Waals surface area contributed by atoms with Crippen LogP contribution in [0, 0.1) is 0 Å². The van der Waals surface area contributed by atoms with Gasteiger partial charge in [0.2, 0.25) is 0 Å². The first kappa shape index (κ1) is 21.6. The van der Waals surface area contributed by atoms with E-state index < -0.39 is 6.03 Å². The first-order chi connectivity index (χ1) is 16.5. The molecule has 2 aromatic carbocycles. The Labute approximate surface area is 198 Å². The normalized spacial score (nSPS) is 12.3. The van der Waals surface area contributed by atoms with E-state index in [1.165, 1.54) is 16.7 Å². The molecule has 0 saturated heterocycles. The Kier molecular flexibility index (Phi) is 5.92. The Morgan fingerprint density at radius 3 is 2.53 bits per heavy atom. The number of benzene rings is 2. The van der Waals surface area contributed by atoms with Gasteiger partial charge in [-0.05, 0) is 48.5 Å². The van der Waals surface area contributed by atoms with Crippen LogP contribution >= 0.6 is 11.6 Å². The third kappa shape index (κ3) is 4.89. The van der Waals surface area contributed by atoms with Crippen molar-refractivity contribution in [2.45, 2.75) is 6.61 Å². The summed E-state index contributed by atoms with van der Waals surface area (Å²) in [7, 11) is 0. The van der Waals surface area contributed by atoms with Gasteiger partial charge in [-0.25, -0.2) is 9.78 Å². The Hall–Kier alpha value is -4.24. The molecule has 0 fully saturated rings. The maximum absolute atomic E-state index is 12.3. The number of halogens is 1. The largest absolute Gasteiger partial charge is 0.487 e. The lowest BCUT2D eigenvalue weighted by molar-refractivity contribution is 0.171. The van der Waals surface area contributed by atoms with Gasteiger partial charge in [0, 0.05) is 29.7 Å². The molecule has 2 amide bonds. The van der Waals surface area contributed by atoms with Gasteiger partial charge in [0.15, 0.2) is 11.5 Å². The molecule has 0 aliphatic carbocycles. The fourth-order valence-electron chi connectivity index (χ4n) is 3.41. The Morgan fingerprint density at radius 2 is 1.71 bits per heavy atom. The fourth-order valence-corrected chi connectivity index (χ4v) is 3.57. The summed E-state index contributed by atoms with van der Waals surface area (Å²) in [6.07, 6.45) is 1.52. The Bertz CT molecular complexity index is 1420. The third-order valence-corrected chi connectivity index (χ3v) is 5.20. The molecule has 0 spiro atoms. The van der Waals surface area contributed by atoms with E-state index in [1.807, 2.05) is 0 Å². The molecule has 0 atom stereocenters. The van der Waals surface area contributed by atoms with E-state index in [0.29, 0.717) is 58.2 Å². The van der Waals surface area contributed by atoms with Crippen LogP contribution in [-0.2, 0) is 6.61 Å². The summed E-state index contributed by atoms with van der Waals surface area (Å²) >= 11 is 5.93. The Morgan fingerprint density at radius 1 is 0.971 bits per heavy atom. The predicted molar refractivity (Wildman–Crippen MR) is 127 cm³/mol. The standard InChI is InChI=1S/C24H19ClN4O5/c25-15-1-8-22-26-18(12-23(30)29(22)13-15)14-34-19-5-2-16(3-6-19)27-24(31)28-17-4-7-20-21(11-17)33-10-9-32-20/h1-8,11-13H,9-10,14H2,(H2,27,28,31). The number of urea groups is 1. The summed E-state index contributed by atoms with van der Waals surface area (Å²) in [6.45, 7) is 1.10. The van der Waals surface area contributed by atoms with Crippen molar-refractivity contribution in [3.8, 4) is 17.2 Å². The minimum Gasteiger partial charge on any atom is -0.487 e. The van der Waals surface area contributed by atoms with E-state index in [4.69, 9.17) is 25.8 Å². The molecule has 0 unspecified atom stereocenters. The van der Waals surface area contributed by atoms with Crippen LogP contribution in [0.4, 0.5) is 16.2 Å². The van der Waals surface area contributed by atoms with Crippen LogP contribution in [-0.4, -0.2) is 28.6 Å². The molecule has 2 aromatic heterocycles. The number of amides is 2. The summed E-state index contributed by atoms with van der Waals surface area (Å²) in [6, 6.07) is 16.4. The molecule has 9 nitrogen and oxygen atoms in total. The predicted octanol–water partition coefficient (Wildman–Crippen LogP) is 4.34. The first-order valence-electron chi connectivity index (χ1n) is 10.4. The van der Waals surface area contributed by atoms with E-state index in [9.17, 15) is 9.59 Å². The van der Waals surface area contributed by atoms with E-state index in [0.717, 1.165) is 0 Å². The van der Waals surface area contributed by atoms with Crippen LogP contribution in [0.3, 0.4) is 0 Å². The van der Waals surface area contributed by atoms with Crippen molar-refractivity contribution in [2.75, 3.05) is 23.8 Å². The molecular weight excluding hydrogens is 460 g/mol. The van der Waals surface area contributed by atoms with Gasteiger partial charge in [-0.15, -0.1) is 0 Å². The van der Waals surface area contributed by atoms with Crippen LogP contribution in [0.1, 0.15) is 5.69 Å². The number of pyridine rings is 1. The maximum Gasteiger partial charge on any atom is 0.323 e. The molecule has 4 aromatic rings. The molecule has 1 aliphatic heterocycles. The van der Waals surface area contributed by atoms with E-state index in [-0.39, 0.29) is 12.2 Å². The van der Waals surface area contributed by atoms with Crippen LogP contribution in [0.5, 0.6) is 17.2 Å². The van der Waals surface area contributed by atoms with Crippen LogP contribution in [0.25, 0.3) is 5.65 Å².